The van der Waals surface area contributed by atoms with Crippen LogP contribution in [-0.2, 0) is 10.9 Å². The summed E-state index contributed by atoms with van der Waals surface area (Å²) in [6.45, 7) is 8.36. The number of aromatic nitrogens is 2. The van der Waals surface area contributed by atoms with Gasteiger partial charge in [-0.25, -0.2) is 4.98 Å². The number of nitrogens with zero attached hydrogens (tertiary/aromatic N) is 3. The third-order valence-corrected chi connectivity index (χ3v) is 6.59. The number of pyridine rings is 2. The lowest BCUT2D eigenvalue weighted by molar-refractivity contribution is -0.136. The van der Waals surface area contributed by atoms with Crippen molar-refractivity contribution < 1.29 is 17.9 Å². The number of anilines is 2. The van der Waals surface area contributed by atoms with Crippen molar-refractivity contribution in [1.29, 1.82) is 0 Å². The second kappa shape index (κ2) is 11.7. The molecule has 0 saturated carbocycles. The van der Waals surface area contributed by atoms with Crippen molar-refractivity contribution >= 4 is 22.7 Å². The maximum absolute atomic E-state index is 14.5. The van der Waals surface area contributed by atoms with Crippen molar-refractivity contribution in [3.63, 3.8) is 0 Å². The number of para-hydroxylation sites is 1. The third kappa shape index (κ3) is 5.67. The van der Waals surface area contributed by atoms with Gasteiger partial charge in [-0.05, 0) is 43.2 Å². The Morgan fingerprint density at radius 2 is 1.95 bits per heavy atom. The van der Waals surface area contributed by atoms with Gasteiger partial charge in [-0.15, -0.1) is 0 Å². The molecule has 1 saturated heterocycles. The molecule has 38 heavy (non-hydrogen) atoms. The molecule has 1 aliphatic rings. The van der Waals surface area contributed by atoms with E-state index in [0.29, 0.717) is 24.5 Å². The quantitative estimate of drug-likeness (QED) is 0.343. The Bertz CT molecular complexity index is 1400. The highest BCUT2D eigenvalue weighted by atomic mass is 19.4. The highest BCUT2D eigenvalue weighted by Gasteiger charge is 2.37. The smallest absolute Gasteiger partial charge is 0.383 e. The molecule has 1 fully saturated rings. The Labute approximate surface area is 219 Å². The number of allylic oxidation sites excluding steroid dienone is 3. The van der Waals surface area contributed by atoms with Gasteiger partial charge in [0.1, 0.15) is 11.6 Å². The number of hydrogen-bond acceptors (Lipinski definition) is 5. The Hall–Kier alpha value is -3.85. The first-order valence-corrected chi connectivity index (χ1v) is 12.5. The van der Waals surface area contributed by atoms with Gasteiger partial charge in [0, 0.05) is 31.1 Å². The van der Waals surface area contributed by atoms with Crippen molar-refractivity contribution in [1.82, 2.24) is 9.55 Å². The number of alkyl halides is 3. The lowest BCUT2D eigenvalue weighted by atomic mass is 10.1. The summed E-state index contributed by atoms with van der Waals surface area (Å²) in [5.74, 6) is 0.421. The summed E-state index contributed by atoms with van der Waals surface area (Å²) < 4.78 is 50.5. The first kappa shape index (κ1) is 27.2. The average Bonchev–Trinajstić information content (AvgIpc) is 3.13. The molecule has 0 radical (unpaired) electrons. The lowest BCUT2D eigenvalue weighted by Crippen LogP contribution is -2.39. The van der Waals surface area contributed by atoms with Gasteiger partial charge in [0.05, 0.1) is 23.6 Å². The molecule has 4 rings (SSSR count). The van der Waals surface area contributed by atoms with E-state index in [1.54, 1.807) is 54.2 Å². The first-order chi connectivity index (χ1) is 18.3. The Morgan fingerprint density at radius 3 is 2.61 bits per heavy atom. The summed E-state index contributed by atoms with van der Waals surface area (Å²) in [5, 5.41) is 2.62. The number of ether oxygens (including phenoxy) is 1. The van der Waals surface area contributed by atoms with Gasteiger partial charge in [0.2, 0.25) is 0 Å². The Kier molecular flexibility index (Phi) is 8.36. The molecule has 2 aromatic heterocycles. The number of hydrogen-bond donors (Lipinski definition) is 1. The van der Waals surface area contributed by atoms with Crippen LogP contribution >= 0.6 is 0 Å². The number of methoxy groups -OCH3 is 1. The van der Waals surface area contributed by atoms with Crippen molar-refractivity contribution in [3.05, 3.63) is 95.3 Å². The van der Waals surface area contributed by atoms with E-state index >= 15 is 0 Å². The zero-order chi connectivity index (χ0) is 27.3. The minimum absolute atomic E-state index is 0.0848. The molecular weight excluding hydrogens is 493 g/mol. The van der Waals surface area contributed by atoms with Crippen LogP contribution in [-0.4, -0.2) is 35.9 Å². The van der Waals surface area contributed by atoms with E-state index in [0.717, 1.165) is 37.8 Å². The van der Waals surface area contributed by atoms with Crippen molar-refractivity contribution in [2.24, 2.45) is 0 Å². The zero-order valence-corrected chi connectivity index (χ0v) is 21.3. The Balaban J connectivity index is 2.09. The van der Waals surface area contributed by atoms with Gasteiger partial charge < -0.3 is 15.0 Å². The molecule has 1 aliphatic heterocycles. The predicted octanol–water partition coefficient (Wildman–Crippen LogP) is 6.47. The summed E-state index contributed by atoms with van der Waals surface area (Å²) in [6, 6.07) is 10.9. The van der Waals surface area contributed by atoms with Crippen LogP contribution in [0.5, 0.6) is 0 Å². The maximum Gasteiger partial charge on any atom is 0.417 e. The van der Waals surface area contributed by atoms with Crippen molar-refractivity contribution in [2.45, 2.75) is 37.9 Å². The van der Waals surface area contributed by atoms with Gasteiger partial charge in [0.25, 0.3) is 0 Å². The predicted molar refractivity (Wildman–Crippen MR) is 146 cm³/mol. The van der Waals surface area contributed by atoms with Crippen LogP contribution < -0.4 is 15.6 Å². The highest BCUT2D eigenvalue weighted by molar-refractivity contribution is 5.86. The van der Waals surface area contributed by atoms with Crippen LogP contribution in [0.2, 0.25) is 0 Å². The molecule has 1 unspecified atom stereocenters. The van der Waals surface area contributed by atoms with Crippen molar-refractivity contribution in [2.75, 3.05) is 30.5 Å². The molecule has 3 aromatic rings. The number of fused-ring (bicyclic) bond motifs is 1. The molecule has 0 spiro atoms. The summed E-state index contributed by atoms with van der Waals surface area (Å²) in [4.78, 5) is 19.9. The van der Waals surface area contributed by atoms with Crippen LogP contribution in [0.25, 0.3) is 16.7 Å². The molecule has 0 amide bonds. The van der Waals surface area contributed by atoms with Crippen LogP contribution in [0.15, 0.2) is 84.3 Å². The van der Waals surface area contributed by atoms with Gasteiger partial charge in [-0.1, -0.05) is 50.3 Å². The number of rotatable bonds is 8. The highest BCUT2D eigenvalue weighted by Crippen LogP contribution is 2.38. The number of benzene rings is 1. The number of nitrogens with one attached hydrogen (secondary N) is 1. The fraction of sp³-hybridized carbons (Fsp3) is 0.310. The van der Waals surface area contributed by atoms with Crippen LogP contribution in [0.3, 0.4) is 0 Å². The molecule has 0 aliphatic carbocycles. The summed E-state index contributed by atoms with van der Waals surface area (Å²) in [5.41, 5.74) is -0.817. The van der Waals surface area contributed by atoms with E-state index in [1.807, 2.05) is 4.90 Å². The molecule has 6 nitrogen and oxygen atoms in total. The minimum Gasteiger partial charge on any atom is -0.383 e. The van der Waals surface area contributed by atoms with Crippen LogP contribution in [0, 0.1) is 0 Å². The topological polar surface area (TPSA) is 59.4 Å². The normalized spacial score (nSPS) is 16.8. The molecular formula is C29H31F3N4O2. The van der Waals surface area contributed by atoms with E-state index in [4.69, 9.17) is 9.72 Å². The van der Waals surface area contributed by atoms with Gasteiger partial charge in [0.15, 0.2) is 11.1 Å². The standard InChI is InChI=1S/C29H31F3N4O2/c1-4-12-20(5-2)33-26-18-24(37)27-23(29(30,31)32)17-25(35-16-11-7-10-15-22(35)19-38-3)34-28(27)36(26)21-13-8-6-9-14-21/h4-6,8-9,12-14,17-18,22,33H,1-2,7,10-11,15-16,19H2,3H3/b20-12+. The van der Waals surface area contributed by atoms with E-state index in [2.05, 4.69) is 18.5 Å². The summed E-state index contributed by atoms with van der Waals surface area (Å²) in [7, 11) is 1.58. The van der Waals surface area contributed by atoms with E-state index in [1.165, 1.54) is 6.08 Å². The number of halogens is 3. The summed E-state index contributed by atoms with van der Waals surface area (Å²) >= 11 is 0. The second-order valence-electron chi connectivity index (χ2n) is 9.13. The monoisotopic (exact) mass is 524 g/mol. The van der Waals surface area contributed by atoms with Crippen LogP contribution in [0.4, 0.5) is 24.8 Å². The fourth-order valence-electron chi connectivity index (χ4n) is 4.88. The molecule has 9 heteroatoms. The molecule has 200 valence electrons. The first-order valence-electron chi connectivity index (χ1n) is 12.5. The SMILES string of the molecule is C=C/C=C(\C=C)Nc1cc(=O)c2c(C(F)(F)F)cc(N3CCCCCC3COC)nc2n1-c1ccccc1. The van der Waals surface area contributed by atoms with E-state index in [-0.39, 0.29) is 23.3 Å². The molecule has 0 bridgehead atoms. The van der Waals surface area contributed by atoms with Gasteiger partial charge in [-0.2, -0.15) is 13.2 Å². The molecule has 1 atom stereocenters. The zero-order valence-electron chi connectivity index (χ0n) is 21.3. The average molecular weight is 525 g/mol. The van der Waals surface area contributed by atoms with Crippen molar-refractivity contribution in [3.8, 4) is 5.69 Å². The van der Waals surface area contributed by atoms with E-state index in [9.17, 15) is 18.0 Å². The second-order valence-corrected chi connectivity index (χ2v) is 9.13. The van der Waals surface area contributed by atoms with Gasteiger partial charge in [-0.3, -0.25) is 9.36 Å². The third-order valence-electron chi connectivity index (χ3n) is 6.59. The van der Waals surface area contributed by atoms with Crippen LogP contribution in [0.1, 0.15) is 31.2 Å². The molecule has 1 aromatic carbocycles. The lowest BCUT2D eigenvalue weighted by Gasteiger charge is -2.31. The van der Waals surface area contributed by atoms with Gasteiger partial charge >= 0.3 is 6.18 Å². The summed E-state index contributed by atoms with van der Waals surface area (Å²) in [6.07, 6.45) is 3.48. The molecule has 1 N–H and O–H groups in total. The molecule has 3 heterocycles. The van der Waals surface area contributed by atoms with E-state index < -0.39 is 22.6 Å². The Morgan fingerprint density at radius 1 is 1.18 bits per heavy atom. The maximum atomic E-state index is 14.5. The fourth-order valence-corrected chi connectivity index (χ4v) is 4.88. The minimum atomic E-state index is -4.77. The largest absolute Gasteiger partial charge is 0.417 e.